The molecule has 0 saturated carbocycles. The Hall–Kier alpha value is -2.62. The first-order valence-electron chi connectivity index (χ1n) is 30.1. The minimum absolute atomic E-state index is 0.757. The van der Waals surface area contributed by atoms with E-state index in [2.05, 4.69) is 10.6 Å². The van der Waals surface area contributed by atoms with Gasteiger partial charge in [-0.05, 0) is 0 Å². The van der Waals surface area contributed by atoms with Crippen molar-refractivity contribution in [2.75, 3.05) is 52.9 Å². The molecule has 0 bridgehead atoms. The zero-order valence-corrected chi connectivity index (χ0v) is 50.4. The van der Waals surface area contributed by atoms with Gasteiger partial charge in [0, 0.05) is 13.8 Å². The van der Waals surface area contributed by atoms with Crippen LogP contribution in [0.25, 0.3) is 0 Å². The molecule has 8 aliphatic heterocycles. The first-order valence-corrected chi connectivity index (χ1v) is 30.1. The van der Waals surface area contributed by atoms with Gasteiger partial charge in [-0.2, -0.15) is 0 Å². The van der Waals surface area contributed by atoms with E-state index >= 15 is 0 Å². The summed E-state index contributed by atoms with van der Waals surface area (Å²) in [7, 11) is 0. The van der Waals surface area contributed by atoms with E-state index in [1.807, 2.05) is 0 Å². The third kappa shape index (κ3) is 17.0. The van der Waals surface area contributed by atoms with Gasteiger partial charge in [-0.3, -0.25) is 9.59 Å². The smallest absolute Gasteiger partial charge is 0.217 e. The molecule has 43 nitrogen and oxygen atoms in total. The number of amides is 2. The van der Waals surface area contributed by atoms with Gasteiger partial charge in [0.25, 0.3) is 0 Å². The SMILES string of the molecule is CC(=O)N[C@@H]1[C@@H](O)[C@H](O[C@@H]2O[C@H](CO)[C@@H](O[C@@H]3O[C@H](CO[C@H]4O[C@H](CO[C@H]5O[C@H](CO)[C@@H](O)[C@H](O)[C@@H]5O)[C@@H](O)[C@H](O[C@H]5O[C@H](CO)[C@@H](O)[C@H](O)[C@@H]5O[C@H]5O[C@H](CO)[C@@H](O)[C@H](O)[C@@H]5O)[C@@H]4O)[C@@H](O)[C@H](O[C@H]4O[C@H](CO)[C@@H](O)[C@H](O)[C@@H]4O)[C@@H]3O)[C@H](O)[C@H]2NC(C)=O)[C@@H](CO)O[C@H]1O. The minimum Gasteiger partial charge on any atom is -0.394 e. The van der Waals surface area contributed by atoms with Crippen molar-refractivity contribution in [1.82, 2.24) is 10.6 Å². The first-order chi connectivity index (χ1) is 44.9. The monoisotopic (exact) mass is 1400 g/mol. The summed E-state index contributed by atoms with van der Waals surface area (Å²) >= 11 is 0. The standard InChI is InChI=1S/C52H88N2O41/c1-11(61)53-21-29(69)40(17(7-59)83-45(21)80)91-46-22(54-12(2)62)30(70)41(18(8-60)88-46)92-51-39(79)43(93-49-36(76)32(72)24(64)14(4-56)85-49)28(68)20(90-51)10-82-48-38(78)42(27(67)19(89-48)9-81-47-35(75)31(71)23(63)13(3-55)84-47)94-52-44(34(74)26(66)16(6-58)87-52)95-50-37(77)33(73)25(65)15(5-57)86-50/h13-52,55-60,63-80H,3-10H2,1-2H3,(H,53,61)(H,54,62)/t13-,14-,15-,16-,17-,18-,19-,20-,21-,22-,23-,24-,25-,26-,27-,28-,29-,30-,31+,32+,33+,34+,35+,36+,37+,38+,39+,40-,41-,42+,43+,44+,45-,46+,47+,48+,49-,50-,51+,52-/m1/s1. The molecule has 95 heavy (non-hydrogen) atoms. The van der Waals surface area contributed by atoms with Gasteiger partial charge in [0.15, 0.2) is 50.3 Å². The molecule has 8 saturated heterocycles. The summed E-state index contributed by atoms with van der Waals surface area (Å²) in [5.41, 5.74) is 0. The van der Waals surface area contributed by atoms with Gasteiger partial charge in [-0.15, -0.1) is 0 Å². The van der Waals surface area contributed by atoms with Gasteiger partial charge in [-0.1, -0.05) is 0 Å². The minimum atomic E-state index is -2.41. The highest BCUT2D eigenvalue weighted by Crippen LogP contribution is 2.38. The molecule has 8 rings (SSSR count). The van der Waals surface area contributed by atoms with Crippen LogP contribution in [0.3, 0.4) is 0 Å². The third-order valence-electron chi connectivity index (χ3n) is 17.4. The van der Waals surface area contributed by atoms with Crippen LogP contribution >= 0.6 is 0 Å². The summed E-state index contributed by atoms with van der Waals surface area (Å²) < 4.78 is 86.6. The highest BCUT2D eigenvalue weighted by molar-refractivity contribution is 5.73. The van der Waals surface area contributed by atoms with Gasteiger partial charge >= 0.3 is 0 Å². The van der Waals surface area contributed by atoms with E-state index in [0.717, 1.165) is 13.8 Å². The van der Waals surface area contributed by atoms with Gasteiger partial charge < -0.3 is 204 Å². The van der Waals surface area contributed by atoms with E-state index < -0.39 is 310 Å². The van der Waals surface area contributed by atoms with Crippen molar-refractivity contribution >= 4 is 11.8 Å². The number of rotatable bonds is 24. The molecule has 2 amide bonds. The molecule has 0 aromatic rings. The topological polar surface area (TPSA) is 682 Å². The molecular weight excluding hydrogens is 1310 g/mol. The van der Waals surface area contributed by atoms with E-state index in [1.54, 1.807) is 0 Å². The Morgan fingerprint density at radius 2 is 0.568 bits per heavy atom. The number of nitrogens with one attached hydrogen (secondary N) is 2. The average molecular weight is 1400 g/mol. The number of ether oxygens (including phenoxy) is 15. The second-order valence-electron chi connectivity index (χ2n) is 23.9. The Morgan fingerprint density at radius 1 is 0.274 bits per heavy atom. The van der Waals surface area contributed by atoms with Gasteiger partial charge in [0.1, 0.15) is 195 Å². The van der Waals surface area contributed by atoms with E-state index in [1.165, 1.54) is 0 Å². The molecular formula is C52H88N2O41. The molecule has 0 aromatic carbocycles. The predicted molar refractivity (Wildman–Crippen MR) is 288 cm³/mol. The Labute approximate surface area is 536 Å². The fourth-order valence-electron chi connectivity index (χ4n) is 12.1. The second-order valence-corrected chi connectivity index (χ2v) is 23.9. The van der Waals surface area contributed by atoms with Crippen LogP contribution in [-0.2, 0) is 80.6 Å². The highest BCUT2D eigenvalue weighted by atomic mass is 16.8. The van der Waals surface area contributed by atoms with E-state index in [4.69, 9.17) is 71.1 Å². The summed E-state index contributed by atoms with van der Waals surface area (Å²) in [6, 6.07) is -3.44. The van der Waals surface area contributed by atoms with Crippen molar-refractivity contribution in [2.24, 2.45) is 0 Å². The van der Waals surface area contributed by atoms with Crippen LogP contribution in [0.15, 0.2) is 0 Å². The number of carbonyl (C=O) groups excluding carboxylic acids is 2. The Kier molecular flexibility index (Phi) is 27.9. The lowest BCUT2D eigenvalue weighted by atomic mass is 9.94. The number of aliphatic hydroxyl groups is 24. The maximum atomic E-state index is 12.8. The quantitative estimate of drug-likeness (QED) is 0.0427. The molecule has 0 aromatic heterocycles. The summed E-state index contributed by atoms with van der Waals surface area (Å²) in [5, 5.41) is 266. The van der Waals surface area contributed by atoms with E-state index in [0.29, 0.717) is 0 Å². The summed E-state index contributed by atoms with van der Waals surface area (Å²) in [6.07, 6.45) is -77.7. The van der Waals surface area contributed by atoms with Gasteiger partial charge in [-0.25, -0.2) is 0 Å². The molecule has 26 N–H and O–H groups in total. The summed E-state index contributed by atoms with van der Waals surface area (Å²) in [4.78, 5) is 24.8. The molecule has 0 radical (unpaired) electrons. The average Bonchev–Trinajstić information content (AvgIpc) is 0.778. The summed E-state index contributed by atoms with van der Waals surface area (Å²) in [6.45, 7) is -6.24. The number of aliphatic hydroxyl groups excluding tert-OH is 24. The van der Waals surface area contributed by atoms with Crippen LogP contribution in [0.5, 0.6) is 0 Å². The molecule has 0 spiro atoms. The normalized spacial score (nSPS) is 50.8. The van der Waals surface area contributed by atoms with Gasteiger partial charge in [0.05, 0.1) is 52.9 Å². The van der Waals surface area contributed by atoms with Crippen molar-refractivity contribution in [3.05, 3.63) is 0 Å². The van der Waals surface area contributed by atoms with E-state index in [-0.39, 0.29) is 0 Å². The zero-order chi connectivity index (χ0) is 69.9. The zero-order valence-electron chi connectivity index (χ0n) is 50.4. The molecule has 43 heteroatoms. The molecule has 40 atom stereocenters. The molecule has 0 aliphatic carbocycles. The van der Waals surface area contributed by atoms with Crippen molar-refractivity contribution < 1.29 is 203 Å². The van der Waals surface area contributed by atoms with Crippen LogP contribution in [-0.4, -0.2) is 433 Å². The maximum absolute atomic E-state index is 12.8. The number of hydrogen-bond acceptors (Lipinski definition) is 41. The lowest BCUT2D eigenvalue weighted by Crippen LogP contribution is -2.70. The fourth-order valence-corrected chi connectivity index (χ4v) is 12.1. The second kappa shape index (κ2) is 33.9. The Bertz CT molecular complexity index is 2380. The number of hydrogen-bond donors (Lipinski definition) is 26. The fraction of sp³-hybridized carbons (Fsp3) is 0.962. The summed E-state index contributed by atoms with van der Waals surface area (Å²) in [5.74, 6) is -1.65. The molecule has 0 unspecified atom stereocenters. The maximum Gasteiger partial charge on any atom is 0.217 e. The first kappa shape index (κ1) is 78.1. The predicted octanol–water partition coefficient (Wildman–Crippen LogP) is -18.2. The Balaban J connectivity index is 1.10. The van der Waals surface area contributed by atoms with Crippen molar-refractivity contribution in [1.29, 1.82) is 0 Å². The van der Waals surface area contributed by atoms with Crippen LogP contribution in [0.4, 0.5) is 0 Å². The number of carbonyl (C=O) groups is 2. The third-order valence-corrected chi connectivity index (χ3v) is 17.4. The molecule has 8 heterocycles. The van der Waals surface area contributed by atoms with E-state index in [9.17, 15) is 132 Å². The van der Waals surface area contributed by atoms with Crippen LogP contribution in [0, 0.1) is 0 Å². The molecule has 8 aliphatic rings. The lowest BCUT2D eigenvalue weighted by molar-refractivity contribution is -0.395. The lowest BCUT2D eigenvalue weighted by Gasteiger charge is -2.50. The highest BCUT2D eigenvalue weighted by Gasteiger charge is 2.59. The largest absolute Gasteiger partial charge is 0.394 e. The van der Waals surface area contributed by atoms with Gasteiger partial charge in [0.2, 0.25) is 11.8 Å². The Morgan fingerprint density at radius 3 is 1.02 bits per heavy atom. The van der Waals surface area contributed by atoms with Crippen LogP contribution in [0.1, 0.15) is 13.8 Å². The van der Waals surface area contributed by atoms with Crippen molar-refractivity contribution in [2.45, 2.75) is 259 Å². The molecule has 552 valence electrons. The van der Waals surface area contributed by atoms with Crippen LogP contribution < -0.4 is 10.6 Å². The van der Waals surface area contributed by atoms with Crippen molar-refractivity contribution in [3.63, 3.8) is 0 Å². The van der Waals surface area contributed by atoms with Crippen molar-refractivity contribution in [3.8, 4) is 0 Å². The molecule has 8 fully saturated rings. The van der Waals surface area contributed by atoms with Crippen LogP contribution in [0.2, 0.25) is 0 Å².